The summed E-state index contributed by atoms with van der Waals surface area (Å²) in [5, 5.41) is 4.13. The van der Waals surface area contributed by atoms with Crippen LogP contribution in [0, 0.1) is 6.92 Å². The van der Waals surface area contributed by atoms with Gasteiger partial charge in [-0.25, -0.2) is 4.68 Å². The quantitative estimate of drug-likeness (QED) is 0.850. The molecule has 0 aliphatic heterocycles. The van der Waals surface area contributed by atoms with Crippen molar-refractivity contribution >= 4 is 11.6 Å². The van der Waals surface area contributed by atoms with E-state index < -0.39 is 0 Å². The first-order chi connectivity index (χ1) is 9.61. The summed E-state index contributed by atoms with van der Waals surface area (Å²) in [6.07, 6.45) is 2.32. The van der Waals surface area contributed by atoms with Crippen molar-refractivity contribution in [1.29, 1.82) is 0 Å². The molecule has 1 heterocycles. The lowest BCUT2D eigenvalue weighted by atomic mass is 10.2. The first-order valence-electron chi connectivity index (χ1n) is 6.55. The lowest BCUT2D eigenvalue weighted by Crippen LogP contribution is -2.23. The summed E-state index contributed by atoms with van der Waals surface area (Å²) in [5.41, 5.74) is 1.90. The maximum absolute atomic E-state index is 11.9. The highest BCUT2D eigenvalue weighted by Gasteiger charge is 2.10. The molecule has 0 aliphatic rings. The number of nitrogens with zero attached hydrogens (tertiary/aromatic N) is 2. The molecule has 2 aromatic rings. The number of aryl methyl sites for hydroxylation is 2. The fraction of sp³-hybridized carbons (Fsp3) is 0.333. The molecule has 5 heteroatoms. The molecule has 0 amide bonds. The Balaban J connectivity index is 2.12. The number of ether oxygens (including phenoxy) is 1. The van der Waals surface area contributed by atoms with E-state index in [0.29, 0.717) is 18.9 Å². The first-order valence-corrected chi connectivity index (χ1v) is 6.93. The van der Waals surface area contributed by atoms with Crippen molar-refractivity contribution in [3.63, 3.8) is 0 Å². The number of hydrogen-bond acceptors (Lipinski definition) is 3. The zero-order chi connectivity index (χ0) is 14.5. The van der Waals surface area contributed by atoms with Gasteiger partial charge in [-0.2, -0.15) is 5.10 Å². The van der Waals surface area contributed by atoms with Gasteiger partial charge in [-0.15, -0.1) is 0 Å². The molecule has 20 heavy (non-hydrogen) atoms. The molecular weight excluding hydrogens is 276 g/mol. The summed E-state index contributed by atoms with van der Waals surface area (Å²) in [4.78, 5) is 11.9. The van der Waals surface area contributed by atoms with E-state index in [0.717, 1.165) is 12.0 Å². The largest absolute Gasteiger partial charge is 0.485 e. The maximum atomic E-state index is 11.9. The third-order valence-corrected chi connectivity index (χ3v) is 3.25. The van der Waals surface area contributed by atoms with E-state index in [-0.39, 0.29) is 10.6 Å². The molecule has 1 aromatic carbocycles. The fourth-order valence-corrected chi connectivity index (χ4v) is 1.97. The topological polar surface area (TPSA) is 44.1 Å². The van der Waals surface area contributed by atoms with Crippen LogP contribution in [0.25, 0.3) is 0 Å². The number of hydrogen-bond donors (Lipinski definition) is 0. The monoisotopic (exact) mass is 292 g/mol. The maximum Gasteiger partial charge on any atom is 0.289 e. The average molecular weight is 293 g/mol. The van der Waals surface area contributed by atoms with Gasteiger partial charge in [-0.3, -0.25) is 4.79 Å². The fourth-order valence-electron chi connectivity index (χ4n) is 1.77. The lowest BCUT2D eigenvalue weighted by Gasteiger charge is -2.09. The van der Waals surface area contributed by atoms with Crippen LogP contribution in [0.2, 0.25) is 5.02 Å². The van der Waals surface area contributed by atoms with E-state index in [1.807, 2.05) is 38.1 Å². The van der Waals surface area contributed by atoms with Crippen LogP contribution < -0.4 is 10.3 Å². The molecule has 0 radical (unpaired) electrons. The van der Waals surface area contributed by atoms with E-state index in [9.17, 15) is 4.79 Å². The van der Waals surface area contributed by atoms with E-state index in [1.54, 1.807) is 0 Å². The van der Waals surface area contributed by atoms with Gasteiger partial charge in [0.1, 0.15) is 6.61 Å². The minimum absolute atomic E-state index is 0.0839. The van der Waals surface area contributed by atoms with E-state index >= 15 is 0 Å². The van der Waals surface area contributed by atoms with Crippen molar-refractivity contribution in [1.82, 2.24) is 9.78 Å². The number of benzene rings is 1. The minimum Gasteiger partial charge on any atom is -0.485 e. The zero-order valence-corrected chi connectivity index (χ0v) is 12.4. The van der Waals surface area contributed by atoms with Crippen molar-refractivity contribution in [2.75, 3.05) is 0 Å². The summed E-state index contributed by atoms with van der Waals surface area (Å²) >= 11 is 6.03. The van der Waals surface area contributed by atoms with E-state index in [4.69, 9.17) is 16.3 Å². The first kappa shape index (κ1) is 14.6. The minimum atomic E-state index is -0.310. The smallest absolute Gasteiger partial charge is 0.289 e. The van der Waals surface area contributed by atoms with E-state index in [1.165, 1.54) is 16.4 Å². The molecule has 4 nitrogen and oxygen atoms in total. The predicted molar refractivity (Wildman–Crippen MR) is 79.3 cm³/mol. The van der Waals surface area contributed by atoms with Crippen molar-refractivity contribution < 1.29 is 4.74 Å². The van der Waals surface area contributed by atoms with Gasteiger partial charge in [0.2, 0.25) is 0 Å². The van der Waals surface area contributed by atoms with Gasteiger partial charge >= 0.3 is 0 Å². The van der Waals surface area contributed by atoms with Gasteiger partial charge in [0, 0.05) is 6.54 Å². The van der Waals surface area contributed by atoms with Crippen LogP contribution in [0.15, 0.2) is 35.3 Å². The van der Waals surface area contributed by atoms with Gasteiger partial charge in [0.15, 0.2) is 10.8 Å². The molecule has 0 saturated carbocycles. The molecule has 1 aromatic heterocycles. The van der Waals surface area contributed by atoms with Crippen LogP contribution in [-0.2, 0) is 13.2 Å². The molecule has 0 fully saturated rings. The van der Waals surface area contributed by atoms with Gasteiger partial charge in [-0.1, -0.05) is 48.4 Å². The Bertz CT molecular complexity index is 635. The molecule has 0 N–H and O–H groups in total. The second-order valence-electron chi connectivity index (χ2n) is 4.63. The number of rotatable bonds is 5. The molecule has 0 saturated heterocycles. The van der Waals surface area contributed by atoms with Crippen LogP contribution in [0.3, 0.4) is 0 Å². The van der Waals surface area contributed by atoms with E-state index in [2.05, 4.69) is 5.10 Å². The molecule has 0 spiro atoms. The Kier molecular flexibility index (Phi) is 4.79. The van der Waals surface area contributed by atoms with Gasteiger partial charge in [0.05, 0.1) is 6.20 Å². The molecule has 0 aliphatic carbocycles. The van der Waals surface area contributed by atoms with Crippen LogP contribution in [0.1, 0.15) is 24.5 Å². The summed E-state index contributed by atoms with van der Waals surface area (Å²) in [6.45, 7) is 4.92. The lowest BCUT2D eigenvalue weighted by molar-refractivity contribution is 0.302. The molecule has 0 unspecified atom stereocenters. The molecule has 106 valence electrons. The summed E-state index contributed by atoms with van der Waals surface area (Å²) in [5.74, 6) is 0.324. The Morgan fingerprint density at radius 1 is 1.30 bits per heavy atom. The third kappa shape index (κ3) is 3.39. The molecular formula is C15H17ClN2O2. The highest BCUT2D eigenvalue weighted by Crippen LogP contribution is 2.19. The Hall–Kier alpha value is -1.81. The highest BCUT2D eigenvalue weighted by molar-refractivity contribution is 6.31. The van der Waals surface area contributed by atoms with Gasteiger partial charge in [0.25, 0.3) is 5.56 Å². The average Bonchev–Trinajstić information content (AvgIpc) is 2.45. The summed E-state index contributed by atoms with van der Waals surface area (Å²) < 4.78 is 6.92. The standard InChI is InChI=1S/C15H17ClN2O2/c1-3-8-18-15(19)14(16)13(9-17-18)20-10-12-6-4-11(2)5-7-12/h4-7,9H,3,8,10H2,1-2H3. The van der Waals surface area contributed by atoms with Crippen molar-refractivity contribution in [3.05, 3.63) is 57.0 Å². The van der Waals surface area contributed by atoms with Crippen molar-refractivity contribution in [2.24, 2.45) is 0 Å². The second-order valence-corrected chi connectivity index (χ2v) is 5.00. The normalized spacial score (nSPS) is 10.6. The molecule has 0 bridgehead atoms. The SMILES string of the molecule is CCCn1ncc(OCc2ccc(C)cc2)c(Cl)c1=O. The van der Waals surface area contributed by atoms with Crippen LogP contribution >= 0.6 is 11.6 Å². The summed E-state index contributed by atoms with van der Waals surface area (Å²) in [6, 6.07) is 7.99. The second kappa shape index (κ2) is 6.57. The van der Waals surface area contributed by atoms with Gasteiger partial charge < -0.3 is 4.74 Å². The van der Waals surface area contributed by atoms with Crippen molar-refractivity contribution in [2.45, 2.75) is 33.4 Å². The van der Waals surface area contributed by atoms with Crippen LogP contribution in [0.4, 0.5) is 0 Å². The third-order valence-electron chi connectivity index (χ3n) is 2.90. The highest BCUT2D eigenvalue weighted by atomic mass is 35.5. The van der Waals surface area contributed by atoms with Crippen LogP contribution in [-0.4, -0.2) is 9.78 Å². The zero-order valence-electron chi connectivity index (χ0n) is 11.6. The van der Waals surface area contributed by atoms with Gasteiger partial charge in [-0.05, 0) is 18.9 Å². The van der Waals surface area contributed by atoms with Crippen LogP contribution in [0.5, 0.6) is 5.75 Å². The number of aromatic nitrogens is 2. The van der Waals surface area contributed by atoms with Crippen molar-refractivity contribution in [3.8, 4) is 5.75 Å². The Morgan fingerprint density at radius 2 is 2.00 bits per heavy atom. The summed E-state index contributed by atoms with van der Waals surface area (Å²) in [7, 11) is 0. The Labute approximate surface area is 123 Å². The molecule has 0 atom stereocenters. The predicted octanol–water partition coefficient (Wildman–Crippen LogP) is 3.19. The molecule has 2 rings (SSSR count). The number of halogens is 1. The Morgan fingerprint density at radius 3 is 2.65 bits per heavy atom.